The predicted molar refractivity (Wildman–Crippen MR) is 117 cm³/mol. The van der Waals surface area contributed by atoms with Crippen molar-refractivity contribution in [2.24, 2.45) is 22.7 Å². The van der Waals surface area contributed by atoms with E-state index in [1.807, 2.05) is 19.1 Å². The number of phenolic OH excluding ortho intramolecular Hbond substituents is 1. The van der Waals surface area contributed by atoms with Crippen LogP contribution < -0.4 is 0 Å². The third kappa shape index (κ3) is 3.35. The Morgan fingerprint density at radius 2 is 2.07 bits per heavy atom. The van der Waals surface area contributed by atoms with Crippen LogP contribution in [0.2, 0.25) is 0 Å². The van der Waals surface area contributed by atoms with Gasteiger partial charge in [0.25, 0.3) is 0 Å². The average molecular weight is 399 g/mol. The van der Waals surface area contributed by atoms with E-state index in [9.17, 15) is 15.3 Å². The summed E-state index contributed by atoms with van der Waals surface area (Å²) in [7, 11) is 0. The molecule has 0 heterocycles. The number of aryl methyl sites for hydroxylation is 1. The third-order valence-corrected chi connectivity index (χ3v) is 8.80. The number of allylic oxidation sites excluding steroid dienone is 1. The first-order valence-electron chi connectivity index (χ1n) is 11.6. The van der Waals surface area contributed by atoms with Crippen molar-refractivity contribution in [1.29, 1.82) is 0 Å². The van der Waals surface area contributed by atoms with Crippen LogP contribution in [0, 0.1) is 22.7 Å². The topological polar surface area (TPSA) is 60.7 Å². The van der Waals surface area contributed by atoms with E-state index in [0.29, 0.717) is 23.5 Å². The molecular weight excluding hydrogens is 360 g/mol. The Kier molecular flexibility index (Phi) is 5.59. The molecule has 0 amide bonds. The molecule has 3 aliphatic carbocycles. The summed E-state index contributed by atoms with van der Waals surface area (Å²) in [6.07, 6.45) is 11.0. The highest BCUT2D eigenvalue weighted by molar-refractivity contribution is 5.43. The summed E-state index contributed by atoms with van der Waals surface area (Å²) in [6.45, 7) is 8.55. The van der Waals surface area contributed by atoms with Crippen LogP contribution >= 0.6 is 0 Å². The second kappa shape index (κ2) is 7.74. The lowest BCUT2D eigenvalue weighted by atomic mass is 9.44. The number of hydrogen-bond donors (Lipinski definition) is 3. The molecular formula is C26H38O3. The van der Waals surface area contributed by atoms with Crippen molar-refractivity contribution < 1.29 is 15.3 Å². The Balaban J connectivity index is 1.72. The number of rotatable bonds is 6. The van der Waals surface area contributed by atoms with Gasteiger partial charge in [-0.3, -0.25) is 0 Å². The molecule has 0 saturated heterocycles. The second-order valence-electron chi connectivity index (χ2n) is 10.4. The maximum absolute atomic E-state index is 11.0. The fraction of sp³-hybridized carbons (Fsp3) is 0.692. The summed E-state index contributed by atoms with van der Waals surface area (Å²) in [5.41, 5.74) is 2.69. The van der Waals surface area contributed by atoms with E-state index in [0.717, 1.165) is 57.8 Å². The van der Waals surface area contributed by atoms with Gasteiger partial charge in [0.2, 0.25) is 0 Å². The minimum absolute atomic E-state index is 0.0311. The molecule has 4 rings (SSSR count). The van der Waals surface area contributed by atoms with Gasteiger partial charge in [0.05, 0.1) is 12.2 Å². The molecule has 160 valence electrons. The minimum Gasteiger partial charge on any atom is -0.508 e. The van der Waals surface area contributed by atoms with Gasteiger partial charge in [-0.2, -0.15) is 0 Å². The highest BCUT2D eigenvalue weighted by atomic mass is 16.3. The van der Waals surface area contributed by atoms with Crippen molar-refractivity contribution in [3.05, 3.63) is 42.0 Å². The maximum Gasteiger partial charge on any atom is 0.115 e. The number of phenols is 1. The third-order valence-electron chi connectivity index (χ3n) is 8.80. The van der Waals surface area contributed by atoms with Crippen LogP contribution in [0.15, 0.2) is 30.9 Å². The van der Waals surface area contributed by atoms with Gasteiger partial charge >= 0.3 is 0 Å². The summed E-state index contributed by atoms with van der Waals surface area (Å²) >= 11 is 0. The van der Waals surface area contributed by atoms with E-state index in [1.54, 1.807) is 0 Å². The quantitative estimate of drug-likeness (QED) is 0.448. The molecule has 2 fully saturated rings. The molecule has 29 heavy (non-hydrogen) atoms. The summed E-state index contributed by atoms with van der Waals surface area (Å²) in [4.78, 5) is 0. The van der Waals surface area contributed by atoms with E-state index >= 15 is 0 Å². The Morgan fingerprint density at radius 1 is 1.28 bits per heavy atom. The lowest BCUT2D eigenvalue weighted by Crippen LogP contribution is -2.54. The van der Waals surface area contributed by atoms with Gasteiger partial charge in [-0.1, -0.05) is 31.9 Å². The van der Waals surface area contributed by atoms with Gasteiger partial charge in [0.15, 0.2) is 0 Å². The first-order valence-corrected chi connectivity index (χ1v) is 11.6. The van der Waals surface area contributed by atoms with Crippen LogP contribution in [0.1, 0.15) is 82.3 Å². The number of aliphatic hydroxyl groups is 2. The van der Waals surface area contributed by atoms with Crippen LogP contribution in [-0.4, -0.2) is 27.5 Å². The van der Waals surface area contributed by atoms with Gasteiger partial charge in [-0.25, -0.2) is 0 Å². The van der Waals surface area contributed by atoms with Gasteiger partial charge < -0.3 is 15.3 Å². The molecule has 0 aliphatic heterocycles. The molecule has 1 aromatic rings. The Labute approximate surface area is 175 Å². The van der Waals surface area contributed by atoms with Crippen molar-refractivity contribution in [2.75, 3.05) is 0 Å². The number of aliphatic hydroxyl groups excluding tert-OH is 2. The molecule has 1 aromatic carbocycles. The molecule has 0 spiro atoms. The van der Waals surface area contributed by atoms with Crippen molar-refractivity contribution in [3.63, 3.8) is 0 Å². The highest BCUT2D eigenvalue weighted by Gasteiger charge is 2.63. The maximum atomic E-state index is 11.0. The number of hydrogen-bond acceptors (Lipinski definition) is 3. The molecule has 1 unspecified atom stereocenters. The Morgan fingerprint density at radius 3 is 2.79 bits per heavy atom. The van der Waals surface area contributed by atoms with E-state index in [-0.39, 0.29) is 23.0 Å². The minimum atomic E-state index is -0.231. The number of benzene rings is 1. The van der Waals surface area contributed by atoms with Crippen molar-refractivity contribution in [1.82, 2.24) is 0 Å². The zero-order valence-corrected chi connectivity index (χ0v) is 18.1. The van der Waals surface area contributed by atoms with E-state index in [1.165, 1.54) is 11.1 Å². The zero-order valence-electron chi connectivity index (χ0n) is 18.1. The number of unbranched alkanes of at least 4 members (excludes halogenated alkanes) is 1. The molecule has 3 heteroatoms. The van der Waals surface area contributed by atoms with E-state index in [2.05, 4.69) is 25.6 Å². The van der Waals surface area contributed by atoms with Gasteiger partial charge in [0.1, 0.15) is 5.75 Å². The normalized spacial score (nSPS) is 39.3. The van der Waals surface area contributed by atoms with Crippen LogP contribution in [0.5, 0.6) is 5.75 Å². The van der Waals surface area contributed by atoms with Gasteiger partial charge in [0, 0.05) is 0 Å². The lowest BCUT2D eigenvalue weighted by Gasteiger charge is -2.60. The summed E-state index contributed by atoms with van der Waals surface area (Å²) in [6, 6.07) is 5.97. The monoisotopic (exact) mass is 398 g/mol. The van der Waals surface area contributed by atoms with Crippen LogP contribution in [0.25, 0.3) is 0 Å². The molecule has 3 N–H and O–H groups in total. The second-order valence-corrected chi connectivity index (χ2v) is 10.4. The summed E-state index contributed by atoms with van der Waals surface area (Å²) in [5.74, 6) is 1.75. The first kappa shape index (κ1) is 20.9. The molecule has 3 aliphatic rings. The molecule has 7 atom stereocenters. The van der Waals surface area contributed by atoms with E-state index < -0.39 is 0 Å². The first-order chi connectivity index (χ1) is 13.8. The molecule has 0 radical (unpaired) electrons. The lowest BCUT2D eigenvalue weighted by molar-refractivity contribution is -0.0813. The van der Waals surface area contributed by atoms with Crippen molar-refractivity contribution in [2.45, 2.75) is 89.8 Å². The summed E-state index contributed by atoms with van der Waals surface area (Å²) in [5, 5.41) is 30.7. The largest absolute Gasteiger partial charge is 0.508 e. The molecule has 0 aromatic heterocycles. The van der Waals surface area contributed by atoms with Crippen LogP contribution in [0.3, 0.4) is 0 Å². The SMILES string of the molecule is C=C[C@@]12CCc3cc(O)ccc3[C@H]1[C@@H](CCCCC(C)O)C[C@]1(C)[C@H]2CC[C@@H]1O. The Bertz CT molecular complexity index is 756. The summed E-state index contributed by atoms with van der Waals surface area (Å²) < 4.78 is 0. The fourth-order valence-electron chi connectivity index (χ4n) is 7.54. The molecule has 3 nitrogen and oxygen atoms in total. The predicted octanol–water partition coefficient (Wildman–Crippen LogP) is 5.33. The fourth-order valence-corrected chi connectivity index (χ4v) is 7.54. The highest BCUT2D eigenvalue weighted by Crippen LogP contribution is 2.69. The molecule has 0 bridgehead atoms. The van der Waals surface area contributed by atoms with Gasteiger partial charge in [-0.15, -0.1) is 6.58 Å². The van der Waals surface area contributed by atoms with Crippen molar-refractivity contribution in [3.8, 4) is 5.75 Å². The number of fused-ring (bicyclic) bond motifs is 5. The van der Waals surface area contributed by atoms with E-state index in [4.69, 9.17) is 0 Å². The smallest absolute Gasteiger partial charge is 0.115 e. The van der Waals surface area contributed by atoms with Crippen LogP contribution in [-0.2, 0) is 6.42 Å². The van der Waals surface area contributed by atoms with Crippen molar-refractivity contribution >= 4 is 0 Å². The molecule has 2 saturated carbocycles. The van der Waals surface area contributed by atoms with Crippen LogP contribution in [0.4, 0.5) is 0 Å². The zero-order chi connectivity index (χ0) is 20.8. The van der Waals surface area contributed by atoms with Gasteiger partial charge in [-0.05, 0) is 104 Å². The Hall–Kier alpha value is -1.32. The average Bonchev–Trinajstić information content (AvgIpc) is 2.99. The number of aromatic hydroxyl groups is 1. The standard InChI is InChI=1S/C26H38O3/c1-4-26-14-13-18-15-20(28)9-10-21(18)24(26)19(8-6-5-7-17(2)27)16-25(3)22(26)11-12-23(25)29/h4,9-10,15,17,19,22-24,27-29H,1,5-8,11-14,16H2,2-3H3/t17?,19-,22+,23-,24+,25+,26-/m0/s1.